The summed E-state index contributed by atoms with van der Waals surface area (Å²) in [6.07, 6.45) is 3.66. The number of halogens is 1. The molecule has 1 aromatic rings. The van der Waals surface area contributed by atoms with Gasteiger partial charge in [0, 0.05) is 5.69 Å². The second-order valence-electron chi connectivity index (χ2n) is 4.60. The monoisotopic (exact) mass is 193 g/mol. The van der Waals surface area contributed by atoms with Gasteiger partial charge in [-0.1, -0.05) is 13.8 Å². The summed E-state index contributed by atoms with van der Waals surface area (Å²) in [5, 5.41) is 0. The van der Waals surface area contributed by atoms with Gasteiger partial charge < -0.3 is 0 Å². The van der Waals surface area contributed by atoms with E-state index in [2.05, 4.69) is 18.8 Å². The van der Waals surface area contributed by atoms with Crippen molar-refractivity contribution in [1.29, 1.82) is 0 Å². The fraction of sp³-hybridized carbons (Fsp3) is 0.583. The zero-order chi connectivity index (χ0) is 10.3. The van der Waals surface area contributed by atoms with E-state index in [9.17, 15) is 4.39 Å². The molecule has 0 amide bonds. The zero-order valence-corrected chi connectivity index (χ0v) is 8.97. The van der Waals surface area contributed by atoms with E-state index >= 15 is 0 Å². The van der Waals surface area contributed by atoms with Gasteiger partial charge in [-0.2, -0.15) is 0 Å². The van der Waals surface area contributed by atoms with Crippen molar-refractivity contribution >= 4 is 0 Å². The molecular weight excluding hydrogens is 177 g/mol. The summed E-state index contributed by atoms with van der Waals surface area (Å²) in [5.41, 5.74) is 2.32. The molecule has 1 saturated carbocycles. The summed E-state index contributed by atoms with van der Waals surface area (Å²) >= 11 is 0. The molecule has 0 aromatic carbocycles. The van der Waals surface area contributed by atoms with Gasteiger partial charge in [-0.3, -0.25) is 4.98 Å². The topological polar surface area (TPSA) is 12.9 Å². The van der Waals surface area contributed by atoms with Crippen LogP contribution in [0.1, 0.15) is 37.9 Å². The van der Waals surface area contributed by atoms with Crippen molar-refractivity contribution in [3.63, 3.8) is 0 Å². The van der Waals surface area contributed by atoms with Crippen molar-refractivity contribution < 1.29 is 4.39 Å². The van der Waals surface area contributed by atoms with Crippen LogP contribution in [0.2, 0.25) is 0 Å². The molecule has 2 rings (SSSR count). The summed E-state index contributed by atoms with van der Waals surface area (Å²) in [6, 6.07) is 1.66. The minimum Gasteiger partial charge on any atom is -0.258 e. The smallest absolute Gasteiger partial charge is 0.141 e. The maximum atomic E-state index is 13.1. The Morgan fingerprint density at radius 3 is 2.57 bits per heavy atom. The molecule has 0 bridgehead atoms. The van der Waals surface area contributed by atoms with Gasteiger partial charge in [0.05, 0.1) is 6.20 Å². The minimum atomic E-state index is -0.211. The van der Waals surface area contributed by atoms with Crippen LogP contribution in [0.15, 0.2) is 12.3 Å². The van der Waals surface area contributed by atoms with Crippen LogP contribution >= 0.6 is 0 Å². The van der Waals surface area contributed by atoms with Crippen molar-refractivity contribution in [2.75, 3.05) is 0 Å². The van der Waals surface area contributed by atoms with Crippen LogP contribution in [0, 0.1) is 18.7 Å². The maximum Gasteiger partial charge on any atom is 0.141 e. The third-order valence-corrected chi connectivity index (χ3v) is 3.48. The highest BCUT2D eigenvalue weighted by Crippen LogP contribution is 2.54. The number of rotatable bonds is 2. The van der Waals surface area contributed by atoms with E-state index < -0.39 is 0 Å². The SMILES string of the molecule is Cc1ncc(F)cc1C1(C(C)C)CC1. The van der Waals surface area contributed by atoms with E-state index in [4.69, 9.17) is 0 Å². The third-order valence-electron chi connectivity index (χ3n) is 3.48. The first-order chi connectivity index (χ1) is 6.56. The molecule has 0 radical (unpaired) electrons. The standard InChI is InChI=1S/C12H16FN/c1-8(2)12(4-5-12)11-6-10(13)7-14-9(11)3/h6-8H,4-5H2,1-3H3. The minimum absolute atomic E-state index is 0.211. The zero-order valence-electron chi connectivity index (χ0n) is 8.97. The second kappa shape index (κ2) is 3.04. The molecular formula is C12H16FN. The Bertz CT molecular complexity index is 353. The fourth-order valence-electron chi connectivity index (χ4n) is 2.30. The van der Waals surface area contributed by atoms with Crippen molar-refractivity contribution in [3.8, 4) is 0 Å². The molecule has 1 fully saturated rings. The lowest BCUT2D eigenvalue weighted by molar-refractivity contribution is 0.473. The van der Waals surface area contributed by atoms with Crippen molar-refractivity contribution in [2.24, 2.45) is 5.92 Å². The lowest BCUT2D eigenvalue weighted by atomic mass is 9.84. The van der Waals surface area contributed by atoms with Gasteiger partial charge in [0.25, 0.3) is 0 Å². The molecule has 1 aliphatic rings. The Balaban J connectivity index is 2.46. The second-order valence-corrected chi connectivity index (χ2v) is 4.60. The van der Waals surface area contributed by atoms with Crippen molar-refractivity contribution in [3.05, 3.63) is 29.3 Å². The molecule has 1 aliphatic carbocycles. The van der Waals surface area contributed by atoms with E-state index in [1.54, 1.807) is 6.07 Å². The molecule has 2 heteroatoms. The molecule has 76 valence electrons. The summed E-state index contributed by atoms with van der Waals surface area (Å²) in [6.45, 7) is 6.38. The van der Waals surface area contributed by atoms with Crippen LogP contribution in [-0.2, 0) is 5.41 Å². The molecule has 0 saturated heterocycles. The van der Waals surface area contributed by atoms with Gasteiger partial charge >= 0.3 is 0 Å². The van der Waals surface area contributed by atoms with Crippen molar-refractivity contribution in [1.82, 2.24) is 4.98 Å². The first-order valence-electron chi connectivity index (χ1n) is 5.19. The summed E-state index contributed by atoms with van der Waals surface area (Å²) in [5.74, 6) is 0.363. The molecule has 0 N–H and O–H groups in total. The van der Waals surface area contributed by atoms with Gasteiger partial charge in [0.1, 0.15) is 5.82 Å². The fourth-order valence-corrected chi connectivity index (χ4v) is 2.30. The number of nitrogens with zero attached hydrogens (tertiary/aromatic N) is 1. The first-order valence-corrected chi connectivity index (χ1v) is 5.19. The Kier molecular flexibility index (Phi) is 2.09. The van der Waals surface area contributed by atoms with E-state index in [0.717, 1.165) is 11.3 Å². The first kappa shape index (κ1) is 9.63. The summed E-state index contributed by atoms with van der Waals surface area (Å²) < 4.78 is 13.1. The summed E-state index contributed by atoms with van der Waals surface area (Å²) in [7, 11) is 0. The maximum absolute atomic E-state index is 13.1. The number of aromatic nitrogens is 1. The van der Waals surface area contributed by atoms with Crippen LogP contribution in [-0.4, -0.2) is 4.98 Å². The van der Waals surface area contributed by atoms with Gasteiger partial charge in [-0.05, 0) is 42.7 Å². The Labute approximate surface area is 84.4 Å². The van der Waals surface area contributed by atoms with Crippen LogP contribution in [0.5, 0.6) is 0 Å². The highest BCUT2D eigenvalue weighted by Gasteiger charge is 2.47. The summed E-state index contributed by atoms with van der Waals surface area (Å²) in [4.78, 5) is 4.09. The molecule has 0 unspecified atom stereocenters. The molecule has 0 aliphatic heterocycles. The largest absolute Gasteiger partial charge is 0.258 e. The average molecular weight is 193 g/mol. The number of pyridine rings is 1. The van der Waals surface area contributed by atoms with E-state index in [0.29, 0.717) is 5.92 Å². The van der Waals surface area contributed by atoms with Crippen LogP contribution in [0.3, 0.4) is 0 Å². The Morgan fingerprint density at radius 1 is 1.43 bits per heavy atom. The van der Waals surface area contributed by atoms with Gasteiger partial charge in [0.15, 0.2) is 0 Å². The van der Waals surface area contributed by atoms with Crippen molar-refractivity contribution in [2.45, 2.75) is 39.0 Å². The molecule has 1 heterocycles. The number of aryl methyl sites for hydroxylation is 1. The number of hydrogen-bond acceptors (Lipinski definition) is 1. The van der Waals surface area contributed by atoms with Crippen LogP contribution in [0.4, 0.5) is 4.39 Å². The van der Waals surface area contributed by atoms with E-state index in [1.807, 2.05) is 6.92 Å². The predicted molar refractivity (Wildman–Crippen MR) is 54.7 cm³/mol. The van der Waals surface area contributed by atoms with Crippen LogP contribution in [0.25, 0.3) is 0 Å². The quantitative estimate of drug-likeness (QED) is 0.702. The van der Waals surface area contributed by atoms with Gasteiger partial charge in [-0.15, -0.1) is 0 Å². The lowest BCUT2D eigenvalue weighted by Crippen LogP contribution is -2.17. The highest BCUT2D eigenvalue weighted by atomic mass is 19.1. The molecule has 14 heavy (non-hydrogen) atoms. The van der Waals surface area contributed by atoms with Crippen LogP contribution < -0.4 is 0 Å². The van der Waals surface area contributed by atoms with E-state index in [1.165, 1.54) is 19.0 Å². The molecule has 0 spiro atoms. The molecule has 1 aromatic heterocycles. The van der Waals surface area contributed by atoms with Gasteiger partial charge in [0.2, 0.25) is 0 Å². The normalized spacial score (nSPS) is 18.6. The van der Waals surface area contributed by atoms with E-state index in [-0.39, 0.29) is 11.2 Å². The highest BCUT2D eigenvalue weighted by molar-refractivity contribution is 5.35. The third kappa shape index (κ3) is 1.33. The molecule has 0 atom stereocenters. The molecule has 1 nitrogen and oxygen atoms in total. The predicted octanol–water partition coefficient (Wildman–Crippen LogP) is 3.22. The lowest BCUT2D eigenvalue weighted by Gasteiger charge is -2.21. The number of hydrogen-bond donors (Lipinski definition) is 0. The Hall–Kier alpha value is -0.920. The Morgan fingerprint density at radius 2 is 2.07 bits per heavy atom. The van der Waals surface area contributed by atoms with Gasteiger partial charge in [-0.25, -0.2) is 4.39 Å². The average Bonchev–Trinajstić information content (AvgIpc) is 2.90.